The molecule has 3 N–H and O–H groups in total. The Hall–Kier alpha value is -0.680. The van der Waals surface area contributed by atoms with Crippen LogP contribution in [0.15, 0.2) is 11.6 Å². The lowest BCUT2D eigenvalue weighted by Gasteiger charge is -2.71. The van der Waals surface area contributed by atoms with E-state index in [4.69, 9.17) is 4.52 Å². The predicted molar refractivity (Wildman–Crippen MR) is 144 cm³/mol. The van der Waals surface area contributed by atoms with Crippen LogP contribution in [0, 0.1) is 56.7 Å². The Bertz CT molecular complexity index is 1050. The Balaban J connectivity index is 1.55. The van der Waals surface area contributed by atoms with Gasteiger partial charge in [0, 0.05) is 0 Å². The van der Waals surface area contributed by atoms with E-state index in [1.807, 2.05) is 0 Å². The predicted octanol–water partition coefficient (Wildman–Crippen LogP) is 7.21. The zero-order chi connectivity index (χ0) is 27.4. The van der Waals surface area contributed by atoms with Crippen molar-refractivity contribution in [2.24, 2.45) is 56.7 Å². The number of phosphoric acid groups is 1. The first-order chi connectivity index (χ1) is 16.9. The zero-order valence-corrected chi connectivity index (χ0v) is 24.8. The Labute approximate surface area is 223 Å². The molecule has 0 aromatic carbocycles. The second-order valence-corrected chi connectivity index (χ2v) is 16.2. The fourth-order valence-corrected chi connectivity index (χ4v) is 11.9. The second-order valence-electron chi connectivity index (χ2n) is 15.1. The van der Waals surface area contributed by atoms with Crippen LogP contribution in [0.4, 0.5) is 0 Å². The number of hydrogen-bond donors (Lipinski definition) is 3. The highest BCUT2D eigenvalue weighted by Crippen LogP contribution is 2.76. The van der Waals surface area contributed by atoms with Gasteiger partial charge in [-0.05, 0) is 109 Å². The van der Waals surface area contributed by atoms with Crippen molar-refractivity contribution in [1.29, 1.82) is 0 Å². The van der Waals surface area contributed by atoms with Gasteiger partial charge < -0.3 is 14.9 Å². The molecule has 0 aromatic rings. The molecule has 1 unspecified atom stereocenters. The van der Waals surface area contributed by atoms with Gasteiger partial charge in [0.25, 0.3) is 0 Å². The molecule has 5 rings (SSSR count). The van der Waals surface area contributed by atoms with Crippen LogP contribution in [0.1, 0.15) is 106 Å². The largest absolute Gasteiger partial charge is 0.481 e. The molecule has 0 saturated heterocycles. The molecule has 0 aliphatic heterocycles. The van der Waals surface area contributed by atoms with E-state index in [-0.39, 0.29) is 27.6 Å². The molecule has 4 fully saturated rings. The smallest absolute Gasteiger partial charge is 0.469 e. The maximum atomic E-state index is 12.8. The number of allylic oxidation sites excluding steroid dienone is 2. The van der Waals surface area contributed by atoms with Gasteiger partial charge in [-0.25, -0.2) is 4.57 Å². The van der Waals surface area contributed by atoms with Gasteiger partial charge in [-0.15, -0.1) is 0 Å². The van der Waals surface area contributed by atoms with Crippen LogP contribution in [-0.4, -0.2) is 27.0 Å². The molecule has 10 atom stereocenters. The van der Waals surface area contributed by atoms with E-state index >= 15 is 0 Å². The Morgan fingerprint density at radius 1 is 0.946 bits per heavy atom. The van der Waals surface area contributed by atoms with Crippen LogP contribution in [0.5, 0.6) is 0 Å². The maximum absolute atomic E-state index is 12.8. The van der Waals surface area contributed by atoms with Gasteiger partial charge in [-0.3, -0.25) is 9.32 Å². The van der Waals surface area contributed by atoms with Crippen LogP contribution in [0.25, 0.3) is 0 Å². The van der Waals surface area contributed by atoms with Crippen molar-refractivity contribution in [1.82, 2.24) is 0 Å². The molecule has 210 valence electrons. The first-order valence-electron chi connectivity index (χ1n) is 14.6. The zero-order valence-electron chi connectivity index (χ0n) is 23.9. The molecule has 4 saturated carbocycles. The summed E-state index contributed by atoms with van der Waals surface area (Å²) in [4.78, 5) is 32.0. The minimum atomic E-state index is -4.55. The average molecular weight is 537 g/mol. The van der Waals surface area contributed by atoms with E-state index < -0.39 is 25.3 Å². The molecule has 5 aliphatic rings. The number of hydrogen-bond acceptors (Lipinski definition) is 3. The van der Waals surface area contributed by atoms with Gasteiger partial charge in [0.2, 0.25) is 0 Å². The number of rotatable bonds is 3. The molecule has 0 amide bonds. The summed E-state index contributed by atoms with van der Waals surface area (Å²) in [6.07, 6.45) is 10.1. The van der Waals surface area contributed by atoms with Crippen LogP contribution >= 0.6 is 7.82 Å². The van der Waals surface area contributed by atoms with Crippen LogP contribution in [0.3, 0.4) is 0 Å². The highest BCUT2D eigenvalue weighted by atomic mass is 31.2. The standard InChI is InChI=1S/C30H49O6P/c1-18-10-15-30(25(31)32)17-16-28(6)20(24(30)19(18)2)8-9-22-27(5)13-12-23(36-37(33,34)35)26(3,4)21(27)11-14-29(22,28)7/h8,18-19,21-24H,9-17H2,1-7H3,(H,31,32)(H2,33,34,35)/t18-,19+,21+,22-,23+,24?,27+,28-,29-,30+/m1/s1. The normalized spacial score (nSPS) is 51.1. The molecular weight excluding hydrogens is 487 g/mol. The van der Waals surface area contributed by atoms with Gasteiger partial charge in [-0.1, -0.05) is 60.1 Å². The fourth-order valence-electron chi connectivity index (χ4n) is 11.2. The Morgan fingerprint density at radius 3 is 2.24 bits per heavy atom. The van der Waals surface area contributed by atoms with Gasteiger partial charge in [0.05, 0.1) is 11.5 Å². The van der Waals surface area contributed by atoms with Crippen molar-refractivity contribution in [2.45, 2.75) is 112 Å². The van der Waals surface area contributed by atoms with Crippen LogP contribution < -0.4 is 0 Å². The van der Waals surface area contributed by atoms with E-state index in [1.165, 1.54) is 5.57 Å². The molecule has 7 heteroatoms. The third-order valence-electron chi connectivity index (χ3n) is 13.6. The lowest BCUT2D eigenvalue weighted by molar-refractivity contribution is -0.204. The summed E-state index contributed by atoms with van der Waals surface area (Å²) in [5.41, 5.74) is 0.574. The summed E-state index contributed by atoms with van der Waals surface area (Å²) in [6, 6.07) is 0. The number of carbonyl (C=O) groups is 1. The lowest BCUT2D eigenvalue weighted by atomic mass is 9.33. The number of fused-ring (bicyclic) bond motifs is 7. The topological polar surface area (TPSA) is 104 Å². The van der Waals surface area contributed by atoms with Gasteiger partial charge >= 0.3 is 13.8 Å². The molecular formula is C30H49O6P. The number of carboxylic acid groups (broad SMARTS) is 1. The minimum absolute atomic E-state index is 0.0256. The minimum Gasteiger partial charge on any atom is -0.481 e. The molecule has 0 spiro atoms. The van der Waals surface area contributed by atoms with Crippen molar-refractivity contribution in [3.63, 3.8) is 0 Å². The van der Waals surface area contributed by atoms with Gasteiger partial charge in [0.1, 0.15) is 0 Å². The number of phosphoric ester groups is 1. The monoisotopic (exact) mass is 536 g/mol. The van der Waals surface area contributed by atoms with Crippen LogP contribution in [-0.2, 0) is 13.9 Å². The molecule has 0 aromatic heterocycles. The average Bonchev–Trinajstić information content (AvgIpc) is 2.78. The van der Waals surface area contributed by atoms with E-state index in [1.54, 1.807) is 0 Å². The summed E-state index contributed by atoms with van der Waals surface area (Å²) in [7, 11) is -4.55. The molecule has 0 bridgehead atoms. The van der Waals surface area contributed by atoms with Crippen molar-refractivity contribution < 1.29 is 28.8 Å². The Kier molecular flexibility index (Phi) is 6.34. The SMILES string of the molecule is C[C@@H]1CC[C@]2(C(=O)O)CC[C@]3(C)C(=CC[C@@H]4[C@@]5(C)CC[C@H](OP(=O)(O)O)C(C)(C)[C@@H]5CC[C@]43C)C2[C@H]1C. The van der Waals surface area contributed by atoms with Crippen molar-refractivity contribution in [2.75, 3.05) is 0 Å². The van der Waals surface area contributed by atoms with E-state index in [2.05, 4.69) is 54.5 Å². The molecule has 0 heterocycles. The third-order valence-corrected chi connectivity index (χ3v) is 14.1. The first kappa shape index (κ1) is 27.9. The summed E-state index contributed by atoms with van der Waals surface area (Å²) in [5, 5.41) is 10.6. The molecule has 0 radical (unpaired) electrons. The quantitative estimate of drug-likeness (QED) is 0.260. The maximum Gasteiger partial charge on any atom is 0.469 e. The van der Waals surface area contributed by atoms with Gasteiger partial charge in [-0.2, -0.15) is 0 Å². The van der Waals surface area contributed by atoms with E-state index in [0.717, 1.165) is 51.4 Å². The highest BCUT2D eigenvalue weighted by Gasteiger charge is 2.69. The summed E-state index contributed by atoms with van der Waals surface area (Å²) < 4.78 is 17.1. The van der Waals surface area contributed by atoms with E-state index in [9.17, 15) is 24.3 Å². The number of aliphatic carboxylic acids is 1. The van der Waals surface area contributed by atoms with Crippen LogP contribution in [0.2, 0.25) is 0 Å². The van der Waals surface area contributed by atoms with Crippen molar-refractivity contribution >= 4 is 13.8 Å². The van der Waals surface area contributed by atoms with Gasteiger partial charge in [0.15, 0.2) is 0 Å². The van der Waals surface area contributed by atoms with Crippen molar-refractivity contribution in [3.8, 4) is 0 Å². The third kappa shape index (κ3) is 3.67. The fraction of sp³-hybridized carbons (Fsp3) is 0.900. The van der Waals surface area contributed by atoms with E-state index in [0.29, 0.717) is 30.1 Å². The highest BCUT2D eigenvalue weighted by molar-refractivity contribution is 7.46. The Morgan fingerprint density at radius 2 is 1.62 bits per heavy atom. The lowest BCUT2D eigenvalue weighted by Crippen LogP contribution is -2.65. The summed E-state index contributed by atoms with van der Waals surface area (Å²) in [5.74, 6) is 1.19. The molecule has 37 heavy (non-hydrogen) atoms. The molecule has 6 nitrogen and oxygen atoms in total. The molecule has 5 aliphatic carbocycles. The summed E-state index contributed by atoms with van der Waals surface area (Å²) in [6.45, 7) is 16.3. The second kappa shape index (κ2) is 8.41. The summed E-state index contributed by atoms with van der Waals surface area (Å²) >= 11 is 0. The van der Waals surface area contributed by atoms with Crippen molar-refractivity contribution in [3.05, 3.63) is 11.6 Å². The first-order valence-corrected chi connectivity index (χ1v) is 16.1. The number of carboxylic acids is 1.